The van der Waals surface area contributed by atoms with Gasteiger partial charge in [-0.25, -0.2) is 0 Å². The summed E-state index contributed by atoms with van der Waals surface area (Å²) in [7, 11) is 1.88. The summed E-state index contributed by atoms with van der Waals surface area (Å²) in [5.74, 6) is 0. The third-order valence-electron chi connectivity index (χ3n) is 2.36. The molecule has 0 aliphatic rings. The minimum absolute atomic E-state index is 0.0597. The zero-order chi connectivity index (χ0) is 10.6. The Morgan fingerprint density at radius 2 is 2.14 bits per heavy atom. The second-order valence-electron chi connectivity index (χ2n) is 3.32. The van der Waals surface area contributed by atoms with Crippen LogP contribution in [0.2, 0.25) is 0 Å². The fourth-order valence-corrected chi connectivity index (χ4v) is 1.16. The van der Waals surface area contributed by atoms with Crippen LogP contribution in [-0.4, -0.2) is 39.2 Å². The van der Waals surface area contributed by atoms with E-state index in [0.717, 1.165) is 11.3 Å². The molecule has 5 heteroatoms. The smallest absolute Gasteiger partial charge is 0.0607 e. The Morgan fingerprint density at radius 3 is 2.57 bits per heavy atom. The summed E-state index contributed by atoms with van der Waals surface area (Å²) >= 11 is 0. The number of aromatic nitrogens is 2. The molecule has 0 aliphatic carbocycles. The third-order valence-corrected chi connectivity index (χ3v) is 2.36. The highest BCUT2D eigenvalue weighted by Gasteiger charge is 2.07. The standard InChI is InChI=1S/C9H17N3O2/c1-7-8(4-11-12(7)2)3-10-9(5-13)6-14/h4,9-10,13-14H,3,5-6H2,1-2H3. The molecule has 0 spiro atoms. The quantitative estimate of drug-likeness (QED) is 0.579. The Balaban J connectivity index is 2.49. The lowest BCUT2D eigenvalue weighted by Gasteiger charge is -2.12. The minimum atomic E-state index is -0.255. The molecule has 0 saturated carbocycles. The summed E-state index contributed by atoms with van der Waals surface area (Å²) in [6.07, 6.45) is 1.79. The van der Waals surface area contributed by atoms with Gasteiger partial charge in [0.25, 0.3) is 0 Å². The fraction of sp³-hybridized carbons (Fsp3) is 0.667. The van der Waals surface area contributed by atoms with Gasteiger partial charge in [-0.3, -0.25) is 4.68 Å². The predicted octanol–water partition coefficient (Wildman–Crippen LogP) is -0.829. The molecule has 0 unspecified atom stereocenters. The van der Waals surface area contributed by atoms with Crippen LogP contribution in [0.15, 0.2) is 6.20 Å². The molecule has 14 heavy (non-hydrogen) atoms. The van der Waals surface area contributed by atoms with E-state index in [2.05, 4.69) is 10.4 Å². The van der Waals surface area contributed by atoms with Crippen molar-refractivity contribution in [2.24, 2.45) is 7.05 Å². The normalized spacial score (nSPS) is 11.2. The summed E-state index contributed by atoms with van der Waals surface area (Å²) in [6, 6.07) is -0.255. The minimum Gasteiger partial charge on any atom is -0.395 e. The van der Waals surface area contributed by atoms with Gasteiger partial charge in [-0.2, -0.15) is 5.10 Å². The lowest BCUT2D eigenvalue weighted by atomic mass is 10.2. The molecule has 3 N–H and O–H groups in total. The van der Waals surface area contributed by atoms with Gasteiger partial charge in [-0.1, -0.05) is 0 Å². The molecule has 5 nitrogen and oxygen atoms in total. The lowest BCUT2D eigenvalue weighted by Crippen LogP contribution is -2.35. The van der Waals surface area contributed by atoms with E-state index >= 15 is 0 Å². The van der Waals surface area contributed by atoms with Gasteiger partial charge in [0.05, 0.1) is 25.5 Å². The van der Waals surface area contributed by atoms with E-state index in [0.29, 0.717) is 6.54 Å². The largest absolute Gasteiger partial charge is 0.395 e. The van der Waals surface area contributed by atoms with Crippen molar-refractivity contribution in [3.63, 3.8) is 0 Å². The molecule has 0 aromatic carbocycles. The van der Waals surface area contributed by atoms with Crippen LogP contribution in [-0.2, 0) is 13.6 Å². The molecule has 1 rings (SSSR count). The van der Waals surface area contributed by atoms with Gasteiger partial charge < -0.3 is 15.5 Å². The van der Waals surface area contributed by atoms with Gasteiger partial charge in [0, 0.05) is 24.8 Å². The van der Waals surface area contributed by atoms with Gasteiger partial charge in [0.1, 0.15) is 0 Å². The van der Waals surface area contributed by atoms with E-state index in [9.17, 15) is 0 Å². The maximum atomic E-state index is 8.84. The Morgan fingerprint density at radius 1 is 1.50 bits per heavy atom. The first-order valence-electron chi connectivity index (χ1n) is 4.61. The zero-order valence-corrected chi connectivity index (χ0v) is 8.56. The lowest BCUT2D eigenvalue weighted by molar-refractivity contribution is 0.170. The van der Waals surface area contributed by atoms with Crippen LogP contribution in [0.5, 0.6) is 0 Å². The molecule has 1 aromatic heterocycles. The van der Waals surface area contributed by atoms with Gasteiger partial charge in [0.15, 0.2) is 0 Å². The average Bonchev–Trinajstić information content (AvgIpc) is 2.51. The van der Waals surface area contributed by atoms with Crippen LogP contribution in [0, 0.1) is 6.92 Å². The maximum absolute atomic E-state index is 8.84. The number of aryl methyl sites for hydroxylation is 1. The maximum Gasteiger partial charge on any atom is 0.0607 e. The van der Waals surface area contributed by atoms with Crippen molar-refractivity contribution in [2.75, 3.05) is 13.2 Å². The molecule has 1 heterocycles. The SMILES string of the molecule is Cc1c(CNC(CO)CO)cnn1C. The van der Waals surface area contributed by atoms with Crippen molar-refractivity contribution < 1.29 is 10.2 Å². The number of rotatable bonds is 5. The van der Waals surface area contributed by atoms with Crippen LogP contribution in [0.4, 0.5) is 0 Å². The van der Waals surface area contributed by atoms with Gasteiger partial charge in [0.2, 0.25) is 0 Å². The topological polar surface area (TPSA) is 70.3 Å². The van der Waals surface area contributed by atoms with Crippen LogP contribution in [0.3, 0.4) is 0 Å². The van der Waals surface area contributed by atoms with E-state index in [1.807, 2.05) is 14.0 Å². The monoisotopic (exact) mass is 199 g/mol. The molecule has 80 valence electrons. The number of aliphatic hydroxyl groups is 2. The van der Waals surface area contributed by atoms with E-state index in [1.165, 1.54) is 0 Å². The number of nitrogens with zero attached hydrogens (tertiary/aromatic N) is 2. The van der Waals surface area contributed by atoms with Crippen LogP contribution < -0.4 is 5.32 Å². The van der Waals surface area contributed by atoms with Crippen LogP contribution in [0.25, 0.3) is 0 Å². The van der Waals surface area contributed by atoms with Gasteiger partial charge >= 0.3 is 0 Å². The Bertz CT molecular complexity index is 282. The summed E-state index contributed by atoms with van der Waals surface area (Å²) in [6.45, 7) is 2.48. The summed E-state index contributed by atoms with van der Waals surface area (Å²) in [5.41, 5.74) is 2.17. The number of hydrogen-bond donors (Lipinski definition) is 3. The summed E-state index contributed by atoms with van der Waals surface area (Å²) in [5, 5.41) is 24.8. The van der Waals surface area contributed by atoms with Crippen molar-refractivity contribution in [3.05, 3.63) is 17.5 Å². The molecule has 0 amide bonds. The molecular weight excluding hydrogens is 182 g/mol. The number of aliphatic hydroxyl groups excluding tert-OH is 2. The highest BCUT2D eigenvalue weighted by Crippen LogP contribution is 2.04. The second-order valence-corrected chi connectivity index (χ2v) is 3.32. The molecule has 0 bridgehead atoms. The first-order chi connectivity index (χ1) is 6.69. The molecule has 1 aromatic rings. The number of hydrogen-bond acceptors (Lipinski definition) is 4. The number of nitrogens with one attached hydrogen (secondary N) is 1. The molecule has 0 saturated heterocycles. The van der Waals surface area contributed by atoms with Gasteiger partial charge in [-0.15, -0.1) is 0 Å². The first-order valence-corrected chi connectivity index (χ1v) is 4.61. The third kappa shape index (κ3) is 2.54. The average molecular weight is 199 g/mol. The molecule has 0 atom stereocenters. The highest BCUT2D eigenvalue weighted by molar-refractivity contribution is 5.15. The van der Waals surface area contributed by atoms with Crippen LogP contribution in [0.1, 0.15) is 11.3 Å². The van der Waals surface area contributed by atoms with Crippen molar-refractivity contribution in [1.29, 1.82) is 0 Å². The van der Waals surface area contributed by atoms with E-state index < -0.39 is 0 Å². The second kappa shape index (κ2) is 5.09. The Hall–Kier alpha value is -0.910. The van der Waals surface area contributed by atoms with Crippen molar-refractivity contribution in [2.45, 2.75) is 19.5 Å². The van der Waals surface area contributed by atoms with Crippen LogP contribution >= 0.6 is 0 Å². The first kappa shape index (κ1) is 11.2. The summed E-state index contributed by atoms with van der Waals surface area (Å²) in [4.78, 5) is 0. The molecule has 0 fully saturated rings. The van der Waals surface area contributed by atoms with Gasteiger partial charge in [-0.05, 0) is 6.92 Å². The fourth-order valence-electron chi connectivity index (χ4n) is 1.16. The molecular formula is C9H17N3O2. The highest BCUT2D eigenvalue weighted by atomic mass is 16.3. The zero-order valence-electron chi connectivity index (χ0n) is 8.56. The van der Waals surface area contributed by atoms with Crippen molar-refractivity contribution in [1.82, 2.24) is 15.1 Å². The molecule has 0 aliphatic heterocycles. The van der Waals surface area contributed by atoms with Crippen molar-refractivity contribution >= 4 is 0 Å². The Kier molecular flexibility index (Phi) is 4.06. The van der Waals surface area contributed by atoms with E-state index in [-0.39, 0.29) is 19.3 Å². The Labute approximate surface area is 83.4 Å². The van der Waals surface area contributed by atoms with Crippen molar-refractivity contribution in [3.8, 4) is 0 Å². The van der Waals surface area contributed by atoms with E-state index in [4.69, 9.17) is 10.2 Å². The molecule has 0 radical (unpaired) electrons. The van der Waals surface area contributed by atoms with E-state index in [1.54, 1.807) is 10.9 Å². The predicted molar refractivity (Wildman–Crippen MR) is 52.7 cm³/mol. The summed E-state index contributed by atoms with van der Waals surface area (Å²) < 4.78 is 1.80.